The Bertz CT molecular complexity index is 967. The van der Waals surface area contributed by atoms with E-state index in [-0.39, 0.29) is 17.9 Å². The highest BCUT2D eigenvalue weighted by atomic mass is 16.3. The fraction of sp³-hybridized carbons (Fsp3) is 0.238. The lowest BCUT2D eigenvalue weighted by Crippen LogP contribution is -2.46. The number of carbonyl (C=O) groups is 2. The molecule has 2 amide bonds. The Morgan fingerprint density at radius 2 is 1.83 bits per heavy atom. The minimum atomic E-state index is -0.137. The van der Waals surface area contributed by atoms with Crippen molar-refractivity contribution >= 4 is 23.5 Å². The molecule has 3 heterocycles. The molecule has 0 radical (unpaired) electrons. The molecule has 0 bridgehead atoms. The summed E-state index contributed by atoms with van der Waals surface area (Å²) in [6.07, 6.45) is 7.67. The zero-order valence-electron chi connectivity index (χ0n) is 15.7. The average molecular weight is 391 g/mol. The topological polar surface area (TPSA) is 100 Å². The molecule has 1 fully saturated rings. The molecule has 0 atom stereocenters. The normalized spacial score (nSPS) is 14.4. The summed E-state index contributed by atoms with van der Waals surface area (Å²) >= 11 is 0. The Labute approximate surface area is 168 Å². The van der Waals surface area contributed by atoms with Crippen LogP contribution in [0.2, 0.25) is 0 Å². The third kappa shape index (κ3) is 4.60. The third-order valence-corrected chi connectivity index (χ3v) is 4.83. The van der Waals surface area contributed by atoms with Crippen molar-refractivity contribution in [3.8, 4) is 0 Å². The number of aromatic nitrogens is 2. The highest BCUT2D eigenvalue weighted by molar-refractivity contribution is 5.95. The summed E-state index contributed by atoms with van der Waals surface area (Å²) in [6, 6.07) is 10.6. The molecule has 148 valence electrons. The molecule has 0 unspecified atom stereocenters. The van der Waals surface area contributed by atoms with Crippen LogP contribution in [0.5, 0.6) is 0 Å². The Balaban J connectivity index is 1.32. The van der Waals surface area contributed by atoms with E-state index in [1.165, 1.54) is 12.5 Å². The third-order valence-electron chi connectivity index (χ3n) is 4.83. The SMILES string of the molecule is O=C(NC1CCN(C(=O)c2ccoc2)CC1)c1cccc(Nc2ncccn2)c1. The second kappa shape index (κ2) is 8.55. The van der Waals surface area contributed by atoms with Gasteiger partial charge in [-0.1, -0.05) is 6.07 Å². The standard InChI is InChI=1S/C21H21N5O3/c27-19(15-3-1-4-18(13-15)25-21-22-8-2-9-23-21)24-17-5-10-26(11-6-17)20(28)16-7-12-29-14-16/h1-4,7-9,12-14,17H,5-6,10-11H2,(H,24,27)(H,22,23,25). The number of hydrogen-bond donors (Lipinski definition) is 2. The second-order valence-corrected chi connectivity index (χ2v) is 6.83. The summed E-state index contributed by atoms with van der Waals surface area (Å²) in [5.74, 6) is 0.299. The predicted octanol–water partition coefficient (Wildman–Crippen LogP) is 2.85. The van der Waals surface area contributed by atoms with Gasteiger partial charge in [-0.2, -0.15) is 0 Å². The molecule has 1 saturated heterocycles. The van der Waals surface area contributed by atoms with Crippen LogP contribution in [-0.4, -0.2) is 45.8 Å². The van der Waals surface area contributed by atoms with Crippen molar-refractivity contribution in [3.63, 3.8) is 0 Å². The van der Waals surface area contributed by atoms with Crippen molar-refractivity contribution in [2.75, 3.05) is 18.4 Å². The Morgan fingerprint density at radius 3 is 2.55 bits per heavy atom. The van der Waals surface area contributed by atoms with Crippen molar-refractivity contribution in [1.82, 2.24) is 20.2 Å². The van der Waals surface area contributed by atoms with Crippen LogP contribution in [0.15, 0.2) is 65.7 Å². The van der Waals surface area contributed by atoms with E-state index in [0.717, 1.165) is 5.69 Å². The van der Waals surface area contributed by atoms with Gasteiger partial charge in [-0.3, -0.25) is 9.59 Å². The zero-order valence-corrected chi connectivity index (χ0v) is 15.7. The van der Waals surface area contributed by atoms with E-state index in [0.29, 0.717) is 43.0 Å². The highest BCUT2D eigenvalue weighted by Crippen LogP contribution is 2.17. The van der Waals surface area contributed by atoms with E-state index in [1.54, 1.807) is 41.6 Å². The van der Waals surface area contributed by atoms with Crippen LogP contribution in [-0.2, 0) is 0 Å². The summed E-state index contributed by atoms with van der Waals surface area (Å²) in [5, 5.41) is 6.15. The molecule has 1 aliphatic heterocycles. The number of hydrogen-bond acceptors (Lipinski definition) is 6. The van der Waals surface area contributed by atoms with Crippen molar-refractivity contribution in [2.45, 2.75) is 18.9 Å². The first-order valence-corrected chi connectivity index (χ1v) is 9.45. The van der Waals surface area contributed by atoms with Gasteiger partial charge >= 0.3 is 0 Å². The van der Waals surface area contributed by atoms with Gasteiger partial charge in [0, 0.05) is 42.8 Å². The molecule has 0 aliphatic carbocycles. The number of likely N-dealkylation sites (tertiary alicyclic amines) is 1. The van der Waals surface area contributed by atoms with Crippen LogP contribution < -0.4 is 10.6 Å². The van der Waals surface area contributed by atoms with Gasteiger partial charge < -0.3 is 20.0 Å². The summed E-state index contributed by atoms with van der Waals surface area (Å²) in [7, 11) is 0. The maximum absolute atomic E-state index is 12.7. The minimum Gasteiger partial charge on any atom is -0.472 e. The lowest BCUT2D eigenvalue weighted by atomic mass is 10.0. The average Bonchev–Trinajstić information content (AvgIpc) is 3.30. The van der Waals surface area contributed by atoms with Gasteiger partial charge in [0.25, 0.3) is 11.8 Å². The monoisotopic (exact) mass is 391 g/mol. The molecule has 1 aromatic carbocycles. The lowest BCUT2D eigenvalue weighted by molar-refractivity contribution is 0.0697. The van der Waals surface area contributed by atoms with Gasteiger partial charge in [0.1, 0.15) is 6.26 Å². The number of rotatable bonds is 5. The number of furan rings is 1. The number of carbonyl (C=O) groups excluding carboxylic acids is 2. The first-order valence-electron chi connectivity index (χ1n) is 9.45. The zero-order chi connectivity index (χ0) is 20.1. The molecule has 0 spiro atoms. The molecule has 2 aromatic heterocycles. The van der Waals surface area contributed by atoms with E-state index in [1.807, 2.05) is 12.1 Å². The Kier molecular flexibility index (Phi) is 5.51. The molecular formula is C21H21N5O3. The van der Waals surface area contributed by atoms with Crippen molar-refractivity contribution in [2.24, 2.45) is 0 Å². The quantitative estimate of drug-likeness (QED) is 0.694. The number of anilines is 2. The van der Waals surface area contributed by atoms with Crippen molar-refractivity contribution in [3.05, 3.63) is 72.4 Å². The van der Waals surface area contributed by atoms with Gasteiger partial charge in [-0.05, 0) is 43.2 Å². The number of benzene rings is 1. The second-order valence-electron chi connectivity index (χ2n) is 6.83. The minimum absolute atomic E-state index is 0.0324. The number of nitrogens with zero attached hydrogens (tertiary/aromatic N) is 3. The molecule has 0 saturated carbocycles. The molecule has 3 aromatic rings. The number of nitrogens with one attached hydrogen (secondary N) is 2. The van der Waals surface area contributed by atoms with Crippen molar-refractivity contribution < 1.29 is 14.0 Å². The first kappa shape index (κ1) is 18.7. The number of piperidine rings is 1. The molecule has 4 rings (SSSR count). The van der Waals surface area contributed by atoms with E-state index >= 15 is 0 Å². The summed E-state index contributed by atoms with van der Waals surface area (Å²) in [6.45, 7) is 1.20. The fourth-order valence-corrected chi connectivity index (χ4v) is 3.30. The van der Waals surface area contributed by atoms with E-state index in [2.05, 4.69) is 20.6 Å². The van der Waals surface area contributed by atoms with Crippen LogP contribution in [0, 0.1) is 0 Å². The van der Waals surface area contributed by atoms with Gasteiger partial charge in [0.05, 0.1) is 11.8 Å². The van der Waals surface area contributed by atoms with Crippen LogP contribution in [0.3, 0.4) is 0 Å². The fourth-order valence-electron chi connectivity index (χ4n) is 3.30. The summed E-state index contributed by atoms with van der Waals surface area (Å²) in [4.78, 5) is 35.0. The van der Waals surface area contributed by atoms with Crippen LogP contribution in [0.1, 0.15) is 33.6 Å². The molecular weight excluding hydrogens is 370 g/mol. The van der Waals surface area contributed by atoms with Crippen molar-refractivity contribution in [1.29, 1.82) is 0 Å². The number of amides is 2. The van der Waals surface area contributed by atoms with Crippen LogP contribution >= 0.6 is 0 Å². The molecule has 2 N–H and O–H groups in total. The lowest BCUT2D eigenvalue weighted by Gasteiger charge is -2.32. The summed E-state index contributed by atoms with van der Waals surface area (Å²) < 4.78 is 4.98. The highest BCUT2D eigenvalue weighted by Gasteiger charge is 2.25. The van der Waals surface area contributed by atoms with Crippen LogP contribution in [0.4, 0.5) is 11.6 Å². The molecule has 8 heteroatoms. The van der Waals surface area contributed by atoms with Gasteiger partial charge in [0.15, 0.2) is 0 Å². The largest absolute Gasteiger partial charge is 0.472 e. The van der Waals surface area contributed by atoms with E-state index in [4.69, 9.17) is 4.42 Å². The van der Waals surface area contributed by atoms with Gasteiger partial charge in [0.2, 0.25) is 5.95 Å². The Morgan fingerprint density at radius 1 is 1.03 bits per heavy atom. The van der Waals surface area contributed by atoms with Gasteiger partial charge in [-0.15, -0.1) is 0 Å². The predicted molar refractivity (Wildman–Crippen MR) is 107 cm³/mol. The smallest absolute Gasteiger partial charge is 0.257 e. The molecule has 29 heavy (non-hydrogen) atoms. The molecule has 8 nitrogen and oxygen atoms in total. The summed E-state index contributed by atoms with van der Waals surface area (Å²) in [5.41, 5.74) is 1.85. The van der Waals surface area contributed by atoms with Crippen LogP contribution in [0.25, 0.3) is 0 Å². The van der Waals surface area contributed by atoms with E-state index in [9.17, 15) is 9.59 Å². The maximum atomic E-state index is 12.7. The van der Waals surface area contributed by atoms with Gasteiger partial charge in [-0.25, -0.2) is 9.97 Å². The molecule has 1 aliphatic rings. The van der Waals surface area contributed by atoms with E-state index < -0.39 is 0 Å². The first-order chi connectivity index (χ1) is 14.2. The Hall–Kier alpha value is -3.68. The maximum Gasteiger partial charge on any atom is 0.257 e.